The highest BCUT2D eigenvalue weighted by molar-refractivity contribution is 5.23. The van der Waals surface area contributed by atoms with Gasteiger partial charge in [-0.25, -0.2) is 0 Å². The van der Waals surface area contributed by atoms with Crippen LogP contribution in [-0.4, -0.2) is 36.8 Å². The van der Waals surface area contributed by atoms with Gasteiger partial charge in [-0.1, -0.05) is 30.3 Å². The summed E-state index contributed by atoms with van der Waals surface area (Å²) in [6.07, 6.45) is 1.87. The fourth-order valence-electron chi connectivity index (χ4n) is 1.86. The maximum absolute atomic E-state index is 8.99. The van der Waals surface area contributed by atoms with Gasteiger partial charge in [0.1, 0.15) is 0 Å². The summed E-state index contributed by atoms with van der Waals surface area (Å²) < 4.78 is 0. The molecule has 2 N–H and O–H groups in total. The third kappa shape index (κ3) is 5.13. The van der Waals surface area contributed by atoms with Crippen molar-refractivity contribution < 1.29 is 5.11 Å². The molecule has 1 rings (SSSR count). The summed E-state index contributed by atoms with van der Waals surface area (Å²) in [5.74, 6) is 0. The third-order valence-electron chi connectivity index (χ3n) is 2.58. The van der Waals surface area contributed by atoms with Gasteiger partial charge >= 0.3 is 0 Å². The molecule has 0 aliphatic heterocycles. The largest absolute Gasteiger partial charge is 0.395 e. The zero-order chi connectivity index (χ0) is 12.5. The van der Waals surface area contributed by atoms with Crippen LogP contribution in [0.5, 0.6) is 0 Å². The molecule has 3 nitrogen and oxygen atoms in total. The van der Waals surface area contributed by atoms with Crippen LogP contribution < -0.4 is 5.32 Å². The minimum Gasteiger partial charge on any atom is -0.395 e. The van der Waals surface area contributed by atoms with Crippen LogP contribution in [0.15, 0.2) is 36.9 Å². The topological polar surface area (TPSA) is 35.5 Å². The molecule has 1 aromatic rings. The Balaban J connectivity index is 2.63. The Hall–Kier alpha value is -1.16. The SMILES string of the molecule is C=CCN(CCO)Cc1cccc(CNC)c1. The lowest BCUT2D eigenvalue weighted by atomic mass is 10.1. The average molecular weight is 234 g/mol. The maximum Gasteiger partial charge on any atom is 0.0558 e. The van der Waals surface area contributed by atoms with Gasteiger partial charge in [0.25, 0.3) is 0 Å². The molecular weight excluding hydrogens is 212 g/mol. The number of hydrogen-bond donors (Lipinski definition) is 2. The van der Waals surface area contributed by atoms with E-state index in [9.17, 15) is 0 Å². The van der Waals surface area contributed by atoms with Crippen molar-refractivity contribution in [3.8, 4) is 0 Å². The Kier molecular flexibility index (Phi) is 6.55. The van der Waals surface area contributed by atoms with Crippen molar-refractivity contribution in [3.63, 3.8) is 0 Å². The predicted molar refractivity (Wildman–Crippen MR) is 71.8 cm³/mol. The van der Waals surface area contributed by atoms with Crippen LogP contribution in [0.3, 0.4) is 0 Å². The quantitative estimate of drug-likeness (QED) is 0.667. The standard InChI is InChI=1S/C14H22N2O/c1-3-7-16(8-9-17)12-14-6-4-5-13(10-14)11-15-2/h3-6,10,15,17H,1,7-9,11-12H2,2H3. The smallest absolute Gasteiger partial charge is 0.0558 e. The van der Waals surface area contributed by atoms with E-state index in [4.69, 9.17) is 5.11 Å². The van der Waals surface area contributed by atoms with Gasteiger partial charge in [0.15, 0.2) is 0 Å². The summed E-state index contributed by atoms with van der Waals surface area (Å²) in [7, 11) is 1.95. The minimum atomic E-state index is 0.185. The second kappa shape index (κ2) is 8.01. The van der Waals surface area contributed by atoms with Crippen molar-refractivity contribution in [3.05, 3.63) is 48.0 Å². The molecule has 0 bridgehead atoms. The van der Waals surface area contributed by atoms with Crippen molar-refractivity contribution >= 4 is 0 Å². The summed E-state index contributed by atoms with van der Waals surface area (Å²) in [5.41, 5.74) is 2.56. The molecule has 17 heavy (non-hydrogen) atoms. The summed E-state index contributed by atoms with van der Waals surface area (Å²) in [6.45, 7) is 7.14. The van der Waals surface area contributed by atoms with E-state index in [0.29, 0.717) is 6.54 Å². The second-order valence-electron chi connectivity index (χ2n) is 4.10. The molecule has 0 fully saturated rings. The average Bonchev–Trinajstić information content (AvgIpc) is 2.30. The number of nitrogens with zero attached hydrogens (tertiary/aromatic N) is 1. The summed E-state index contributed by atoms with van der Waals surface area (Å²) in [6, 6.07) is 8.51. The van der Waals surface area contributed by atoms with E-state index in [1.807, 2.05) is 13.1 Å². The Morgan fingerprint density at radius 3 is 2.82 bits per heavy atom. The normalized spacial score (nSPS) is 10.8. The molecule has 3 heteroatoms. The Morgan fingerprint density at radius 1 is 1.41 bits per heavy atom. The Labute approximate surface area is 104 Å². The van der Waals surface area contributed by atoms with Crippen molar-refractivity contribution in [2.75, 3.05) is 26.7 Å². The first-order chi connectivity index (χ1) is 8.30. The first-order valence-electron chi connectivity index (χ1n) is 5.96. The Morgan fingerprint density at radius 2 is 2.18 bits per heavy atom. The van der Waals surface area contributed by atoms with E-state index in [1.54, 1.807) is 0 Å². The second-order valence-corrected chi connectivity index (χ2v) is 4.10. The molecule has 0 amide bonds. The van der Waals surface area contributed by atoms with Crippen molar-refractivity contribution in [2.45, 2.75) is 13.1 Å². The molecule has 0 unspecified atom stereocenters. The lowest BCUT2D eigenvalue weighted by molar-refractivity contribution is 0.203. The summed E-state index contributed by atoms with van der Waals surface area (Å²) in [4.78, 5) is 2.17. The monoisotopic (exact) mass is 234 g/mol. The third-order valence-corrected chi connectivity index (χ3v) is 2.58. The molecule has 0 aliphatic rings. The number of aliphatic hydroxyl groups excluding tert-OH is 1. The highest BCUT2D eigenvalue weighted by Crippen LogP contribution is 2.08. The highest BCUT2D eigenvalue weighted by atomic mass is 16.3. The van der Waals surface area contributed by atoms with Crippen LogP contribution in [0.2, 0.25) is 0 Å². The number of hydrogen-bond acceptors (Lipinski definition) is 3. The van der Waals surface area contributed by atoms with Gasteiger partial charge in [-0.3, -0.25) is 4.90 Å². The van der Waals surface area contributed by atoms with Gasteiger partial charge in [-0.05, 0) is 18.2 Å². The van der Waals surface area contributed by atoms with Crippen molar-refractivity contribution in [1.29, 1.82) is 0 Å². The molecule has 94 valence electrons. The number of benzene rings is 1. The van der Waals surface area contributed by atoms with E-state index in [1.165, 1.54) is 11.1 Å². The van der Waals surface area contributed by atoms with E-state index < -0.39 is 0 Å². The fraction of sp³-hybridized carbons (Fsp3) is 0.429. The number of rotatable bonds is 8. The van der Waals surface area contributed by atoms with Gasteiger partial charge in [0.05, 0.1) is 6.61 Å². The molecule has 1 aromatic carbocycles. The van der Waals surface area contributed by atoms with Gasteiger partial charge in [0.2, 0.25) is 0 Å². The molecule has 0 saturated heterocycles. The van der Waals surface area contributed by atoms with E-state index >= 15 is 0 Å². The zero-order valence-electron chi connectivity index (χ0n) is 10.5. The minimum absolute atomic E-state index is 0.185. The zero-order valence-corrected chi connectivity index (χ0v) is 10.5. The number of aliphatic hydroxyl groups is 1. The lowest BCUT2D eigenvalue weighted by Gasteiger charge is -2.19. The first kappa shape index (κ1) is 13.9. The Bertz CT molecular complexity index is 339. The van der Waals surface area contributed by atoms with Crippen LogP contribution in [0.1, 0.15) is 11.1 Å². The van der Waals surface area contributed by atoms with Crippen LogP contribution in [0, 0.1) is 0 Å². The van der Waals surface area contributed by atoms with Crippen LogP contribution in [-0.2, 0) is 13.1 Å². The van der Waals surface area contributed by atoms with Crippen LogP contribution in [0.4, 0.5) is 0 Å². The summed E-state index contributed by atoms with van der Waals surface area (Å²) >= 11 is 0. The maximum atomic E-state index is 8.99. The highest BCUT2D eigenvalue weighted by Gasteiger charge is 2.03. The van der Waals surface area contributed by atoms with Crippen LogP contribution >= 0.6 is 0 Å². The van der Waals surface area contributed by atoms with Crippen LogP contribution in [0.25, 0.3) is 0 Å². The molecule has 0 spiro atoms. The lowest BCUT2D eigenvalue weighted by Crippen LogP contribution is -2.26. The van der Waals surface area contributed by atoms with E-state index in [-0.39, 0.29) is 6.61 Å². The van der Waals surface area contributed by atoms with Gasteiger partial charge < -0.3 is 10.4 Å². The van der Waals surface area contributed by atoms with E-state index in [2.05, 4.69) is 41.1 Å². The molecule has 0 aromatic heterocycles. The number of nitrogens with one attached hydrogen (secondary N) is 1. The van der Waals surface area contributed by atoms with E-state index in [0.717, 1.165) is 19.6 Å². The van der Waals surface area contributed by atoms with Crippen molar-refractivity contribution in [2.24, 2.45) is 0 Å². The molecule has 0 saturated carbocycles. The molecule has 0 aliphatic carbocycles. The molecule has 0 radical (unpaired) electrons. The van der Waals surface area contributed by atoms with Gasteiger partial charge in [-0.2, -0.15) is 0 Å². The van der Waals surface area contributed by atoms with Gasteiger partial charge in [-0.15, -0.1) is 6.58 Å². The van der Waals surface area contributed by atoms with Crippen molar-refractivity contribution in [1.82, 2.24) is 10.2 Å². The predicted octanol–water partition coefficient (Wildman–Crippen LogP) is 1.39. The molecular formula is C14H22N2O. The summed E-state index contributed by atoms with van der Waals surface area (Å²) in [5, 5.41) is 12.1. The first-order valence-corrected chi connectivity index (χ1v) is 5.96. The molecule has 0 heterocycles. The molecule has 0 atom stereocenters. The van der Waals surface area contributed by atoms with Gasteiger partial charge in [0, 0.05) is 26.2 Å². The fourth-order valence-corrected chi connectivity index (χ4v) is 1.86.